The van der Waals surface area contributed by atoms with E-state index in [-0.39, 0.29) is 10.8 Å². The zero-order chi connectivity index (χ0) is 15.3. The van der Waals surface area contributed by atoms with Crippen LogP contribution < -0.4 is 5.32 Å². The van der Waals surface area contributed by atoms with Gasteiger partial charge in [0.2, 0.25) is 5.91 Å². The summed E-state index contributed by atoms with van der Waals surface area (Å²) >= 11 is 11.9. The van der Waals surface area contributed by atoms with E-state index in [1.54, 1.807) is 19.9 Å². The predicted molar refractivity (Wildman–Crippen MR) is 80.1 cm³/mol. The molecule has 1 fully saturated rings. The van der Waals surface area contributed by atoms with Crippen LogP contribution in [0, 0.1) is 12.3 Å². The zero-order valence-corrected chi connectivity index (χ0v) is 13.7. The highest BCUT2D eigenvalue weighted by Crippen LogP contribution is 2.64. The fourth-order valence-corrected chi connectivity index (χ4v) is 3.33. The standard InChI is InChI=1S/C13H15Cl2NO3S/c1-8-6-9(20(3,18)19)4-5-10(8)16-11(17)12(2)7-13(12,14)15/h4-6H,7H2,1-3H3,(H,16,17)/t12-/m0/s1. The largest absolute Gasteiger partial charge is 0.325 e. The number of nitrogens with one attached hydrogen (secondary N) is 1. The summed E-state index contributed by atoms with van der Waals surface area (Å²) in [5.41, 5.74) is 0.415. The zero-order valence-electron chi connectivity index (χ0n) is 11.3. The molecule has 0 aliphatic heterocycles. The molecule has 1 N–H and O–H groups in total. The highest BCUT2D eigenvalue weighted by Gasteiger charge is 2.67. The third kappa shape index (κ3) is 2.67. The number of rotatable bonds is 3. The van der Waals surface area contributed by atoms with Crippen molar-refractivity contribution >= 4 is 44.6 Å². The lowest BCUT2D eigenvalue weighted by molar-refractivity contribution is -0.120. The normalized spacial score (nSPS) is 24.2. The molecule has 2 rings (SSSR count). The van der Waals surface area contributed by atoms with E-state index in [4.69, 9.17) is 23.2 Å². The number of carbonyl (C=O) groups is 1. The summed E-state index contributed by atoms with van der Waals surface area (Å²) in [5.74, 6) is -0.266. The Morgan fingerprint density at radius 1 is 1.35 bits per heavy atom. The van der Waals surface area contributed by atoms with Gasteiger partial charge in [-0.25, -0.2) is 8.42 Å². The SMILES string of the molecule is Cc1cc(S(C)(=O)=O)ccc1NC(=O)[C@]1(C)CC1(Cl)Cl. The smallest absolute Gasteiger partial charge is 0.233 e. The van der Waals surface area contributed by atoms with Gasteiger partial charge in [0.25, 0.3) is 0 Å². The van der Waals surface area contributed by atoms with E-state index < -0.39 is 19.6 Å². The van der Waals surface area contributed by atoms with Gasteiger partial charge in [-0.15, -0.1) is 23.2 Å². The fraction of sp³-hybridized carbons (Fsp3) is 0.462. The highest BCUT2D eigenvalue weighted by atomic mass is 35.5. The van der Waals surface area contributed by atoms with Gasteiger partial charge in [-0.1, -0.05) is 0 Å². The summed E-state index contributed by atoms with van der Waals surface area (Å²) in [5, 5.41) is 2.74. The Morgan fingerprint density at radius 3 is 2.30 bits per heavy atom. The van der Waals surface area contributed by atoms with Gasteiger partial charge in [-0.2, -0.15) is 0 Å². The van der Waals surface area contributed by atoms with Crippen LogP contribution in [-0.2, 0) is 14.6 Å². The van der Waals surface area contributed by atoms with Crippen LogP contribution >= 0.6 is 23.2 Å². The maximum absolute atomic E-state index is 12.1. The molecule has 0 heterocycles. The van der Waals surface area contributed by atoms with Crippen LogP contribution in [0.1, 0.15) is 18.9 Å². The van der Waals surface area contributed by atoms with Crippen LogP contribution in [-0.4, -0.2) is 24.9 Å². The van der Waals surface area contributed by atoms with E-state index in [0.717, 1.165) is 6.26 Å². The Balaban J connectivity index is 2.22. The molecule has 7 heteroatoms. The molecular weight excluding hydrogens is 321 g/mol. The summed E-state index contributed by atoms with van der Waals surface area (Å²) in [6, 6.07) is 4.55. The van der Waals surface area contributed by atoms with E-state index in [1.807, 2.05) is 0 Å². The van der Waals surface area contributed by atoms with Crippen LogP contribution in [0.5, 0.6) is 0 Å². The van der Waals surface area contributed by atoms with Gasteiger partial charge >= 0.3 is 0 Å². The summed E-state index contributed by atoms with van der Waals surface area (Å²) in [7, 11) is -3.26. The number of carbonyl (C=O) groups excluding carboxylic acids is 1. The molecule has 0 saturated heterocycles. The monoisotopic (exact) mass is 335 g/mol. The fourth-order valence-electron chi connectivity index (χ4n) is 1.91. The van der Waals surface area contributed by atoms with Crippen molar-refractivity contribution < 1.29 is 13.2 Å². The van der Waals surface area contributed by atoms with E-state index in [2.05, 4.69) is 5.32 Å². The lowest BCUT2D eigenvalue weighted by Gasteiger charge is -2.14. The van der Waals surface area contributed by atoms with Crippen LogP contribution in [0.2, 0.25) is 0 Å². The number of halogens is 2. The van der Waals surface area contributed by atoms with Crippen molar-refractivity contribution in [1.82, 2.24) is 0 Å². The van der Waals surface area contributed by atoms with Crippen LogP contribution in [0.25, 0.3) is 0 Å². The number of aryl methyl sites for hydroxylation is 1. The van der Waals surface area contributed by atoms with Gasteiger partial charge in [-0.05, 0) is 44.0 Å². The van der Waals surface area contributed by atoms with E-state index in [9.17, 15) is 13.2 Å². The summed E-state index contributed by atoms with van der Waals surface area (Å²) in [6.07, 6.45) is 1.54. The van der Waals surface area contributed by atoms with Crippen LogP contribution in [0.3, 0.4) is 0 Å². The van der Waals surface area contributed by atoms with Crippen molar-refractivity contribution in [2.24, 2.45) is 5.41 Å². The van der Waals surface area contributed by atoms with Gasteiger partial charge in [-0.3, -0.25) is 4.79 Å². The summed E-state index contributed by atoms with van der Waals surface area (Å²) in [4.78, 5) is 12.4. The molecule has 1 aromatic rings. The van der Waals surface area contributed by atoms with E-state index in [1.165, 1.54) is 12.1 Å². The number of hydrogen-bond donors (Lipinski definition) is 1. The van der Waals surface area contributed by atoms with E-state index in [0.29, 0.717) is 17.7 Å². The molecule has 0 unspecified atom stereocenters. The minimum atomic E-state index is -3.26. The van der Waals surface area contributed by atoms with Gasteiger partial charge in [0.05, 0.1) is 10.3 Å². The molecular formula is C13H15Cl2NO3S. The molecule has 1 aromatic carbocycles. The Kier molecular flexibility index (Phi) is 3.60. The van der Waals surface area contributed by atoms with Crippen molar-refractivity contribution in [2.45, 2.75) is 29.5 Å². The van der Waals surface area contributed by atoms with Crippen molar-refractivity contribution in [2.75, 3.05) is 11.6 Å². The molecule has 0 radical (unpaired) electrons. The predicted octanol–water partition coefficient (Wildman–Crippen LogP) is 2.92. The minimum Gasteiger partial charge on any atom is -0.325 e. The Hall–Kier alpha value is -0.780. The average molecular weight is 336 g/mol. The molecule has 1 aliphatic rings. The molecule has 4 nitrogen and oxygen atoms in total. The highest BCUT2D eigenvalue weighted by molar-refractivity contribution is 7.90. The van der Waals surface area contributed by atoms with Crippen molar-refractivity contribution in [3.05, 3.63) is 23.8 Å². The lowest BCUT2D eigenvalue weighted by atomic mass is 10.1. The van der Waals surface area contributed by atoms with Crippen molar-refractivity contribution in [3.63, 3.8) is 0 Å². The second-order valence-electron chi connectivity index (χ2n) is 5.42. The first-order valence-electron chi connectivity index (χ1n) is 5.97. The van der Waals surface area contributed by atoms with E-state index >= 15 is 0 Å². The molecule has 1 amide bonds. The average Bonchev–Trinajstić information content (AvgIpc) is 2.81. The molecule has 0 spiro atoms. The van der Waals surface area contributed by atoms with Crippen LogP contribution in [0.15, 0.2) is 23.1 Å². The second kappa shape index (κ2) is 4.61. The molecule has 1 atom stereocenters. The Labute approximate surface area is 128 Å². The first-order chi connectivity index (χ1) is 8.97. The van der Waals surface area contributed by atoms with Crippen molar-refractivity contribution in [3.8, 4) is 0 Å². The molecule has 20 heavy (non-hydrogen) atoms. The maximum atomic E-state index is 12.1. The Morgan fingerprint density at radius 2 is 1.90 bits per heavy atom. The molecule has 0 aromatic heterocycles. The molecule has 0 bridgehead atoms. The topological polar surface area (TPSA) is 63.2 Å². The number of benzene rings is 1. The lowest BCUT2D eigenvalue weighted by Crippen LogP contribution is -2.26. The maximum Gasteiger partial charge on any atom is 0.233 e. The third-order valence-corrected chi connectivity index (χ3v) is 5.84. The minimum absolute atomic E-state index is 0.217. The van der Waals surface area contributed by atoms with Gasteiger partial charge in [0.1, 0.15) is 4.33 Å². The van der Waals surface area contributed by atoms with Gasteiger partial charge < -0.3 is 5.32 Å². The summed E-state index contributed by atoms with van der Waals surface area (Å²) in [6.45, 7) is 3.43. The number of alkyl halides is 2. The quantitative estimate of drug-likeness (QED) is 0.863. The third-order valence-electron chi connectivity index (χ3n) is 3.63. The van der Waals surface area contributed by atoms with Crippen LogP contribution in [0.4, 0.5) is 5.69 Å². The van der Waals surface area contributed by atoms with Gasteiger partial charge in [0, 0.05) is 11.9 Å². The summed E-state index contributed by atoms with van der Waals surface area (Å²) < 4.78 is 21.9. The second-order valence-corrected chi connectivity index (χ2v) is 8.92. The Bertz CT molecular complexity index is 685. The van der Waals surface area contributed by atoms with Gasteiger partial charge in [0.15, 0.2) is 9.84 Å². The number of anilines is 1. The number of amides is 1. The first-order valence-corrected chi connectivity index (χ1v) is 8.62. The molecule has 110 valence electrons. The molecule has 1 saturated carbocycles. The number of hydrogen-bond acceptors (Lipinski definition) is 3. The first kappa shape index (κ1) is 15.6. The molecule has 1 aliphatic carbocycles. The number of sulfone groups is 1. The van der Waals surface area contributed by atoms with Crippen molar-refractivity contribution in [1.29, 1.82) is 0 Å².